The minimum atomic E-state index is -0.437. The lowest BCUT2D eigenvalue weighted by atomic mass is 9.95. The third-order valence-electron chi connectivity index (χ3n) is 4.74. The van der Waals surface area contributed by atoms with Crippen molar-refractivity contribution in [2.75, 3.05) is 13.7 Å². The summed E-state index contributed by atoms with van der Waals surface area (Å²) in [6.45, 7) is 7.88. The third-order valence-corrected chi connectivity index (χ3v) is 4.74. The highest BCUT2D eigenvalue weighted by atomic mass is 16.6. The number of nitro benzene ring substituents is 1. The third kappa shape index (κ3) is 4.00. The molecule has 1 aliphatic heterocycles. The number of nitro groups is 1. The maximum absolute atomic E-state index is 12.4. The van der Waals surface area contributed by atoms with Gasteiger partial charge in [0, 0.05) is 42.2 Å². The fourth-order valence-electron chi connectivity index (χ4n) is 3.20. The van der Waals surface area contributed by atoms with Gasteiger partial charge in [-0.1, -0.05) is 20.8 Å². The SMILES string of the molecule is COc1cc([N+](=O)[O-])ccc1CN1CCc2c(nc(C(C)(C)C)[nH]c2=O)C1. The fourth-order valence-corrected chi connectivity index (χ4v) is 3.20. The van der Waals surface area contributed by atoms with Gasteiger partial charge >= 0.3 is 0 Å². The molecule has 144 valence electrons. The van der Waals surface area contributed by atoms with Crippen molar-refractivity contribution in [3.8, 4) is 5.75 Å². The summed E-state index contributed by atoms with van der Waals surface area (Å²) in [5.74, 6) is 1.17. The summed E-state index contributed by atoms with van der Waals surface area (Å²) in [7, 11) is 1.50. The monoisotopic (exact) mass is 372 g/mol. The largest absolute Gasteiger partial charge is 0.496 e. The lowest BCUT2D eigenvalue weighted by molar-refractivity contribution is -0.384. The van der Waals surface area contributed by atoms with Crippen LogP contribution in [-0.2, 0) is 24.9 Å². The number of aromatic nitrogens is 2. The fraction of sp³-hybridized carbons (Fsp3) is 0.474. The zero-order valence-electron chi connectivity index (χ0n) is 16.0. The number of ether oxygens (including phenoxy) is 1. The van der Waals surface area contributed by atoms with Crippen LogP contribution in [0.25, 0.3) is 0 Å². The first kappa shape index (κ1) is 19.0. The first-order valence-corrected chi connectivity index (χ1v) is 8.85. The van der Waals surface area contributed by atoms with E-state index in [0.717, 1.165) is 16.8 Å². The zero-order valence-corrected chi connectivity index (χ0v) is 16.0. The molecule has 0 fully saturated rings. The van der Waals surface area contributed by atoms with Gasteiger partial charge in [0.2, 0.25) is 0 Å². The Morgan fingerprint density at radius 2 is 2.11 bits per heavy atom. The number of rotatable bonds is 4. The number of fused-ring (bicyclic) bond motifs is 1. The van der Waals surface area contributed by atoms with Gasteiger partial charge in [0.15, 0.2) is 0 Å². The second-order valence-corrected chi connectivity index (χ2v) is 7.80. The molecule has 0 radical (unpaired) electrons. The van der Waals surface area contributed by atoms with Gasteiger partial charge in [0.05, 0.1) is 23.8 Å². The van der Waals surface area contributed by atoms with Gasteiger partial charge in [0.1, 0.15) is 11.6 Å². The summed E-state index contributed by atoms with van der Waals surface area (Å²) in [5.41, 5.74) is 2.12. The maximum atomic E-state index is 12.4. The van der Waals surface area contributed by atoms with Crippen molar-refractivity contribution in [3.05, 3.63) is 61.3 Å². The van der Waals surface area contributed by atoms with E-state index in [0.29, 0.717) is 37.6 Å². The summed E-state index contributed by atoms with van der Waals surface area (Å²) in [6.07, 6.45) is 0.622. The molecule has 0 saturated carbocycles. The predicted molar refractivity (Wildman–Crippen MR) is 101 cm³/mol. The second-order valence-electron chi connectivity index (χ2n) is 7.80. The minimum Gasteiger partial charge on any atom is -0.496 e. The average molecular weight is 372 g/mol. The molecule has 2 heterocycles. The van der Waals surface area contributed by atoms with E-state index in [9.17, 15) is 14.9 Å². The van der Waals surface area contributed by atoms with Crippen LogP contribution >= 0.6 is 0 Å². The van der Waals surface area contributed by atoms with Crippen LogP contribution in [0.2, 0.25) is 0 Å². The van der Waals surface area contributed by atoms with Gasteiger partial charge in [-0.2, -0.15) is 0 Å². The Bertz CT molecular complexity index is 930. The number of nitrogens with zero attached hydrogens (tertiary/aromatic N) is 3. The molecule has 1 aliphatic rings. The van der Waals surface area contributed by atoms with E-state index in [1.165, 1.54) is 19.2 Å². The van der Waals surface area contributed by atoms with Crippen LogP contribution in [0.3, 0.4) is 0 Å². The molecule has 2 aromatic rings. The Balaban J connectivity index is 1.85. The number of methoxy groups -OCH3 is 1. The van der Waals surface area contributed by atoms with E-state index in [1.807, 2.05) is 20.8 Å². The molecule has 8 nitrogen and oxygen atoms in total. The van der Waals surface area contributed by atoms with Crippen molar-refractivity contribution in [1.82, 2.24) is 14.9 Å². The van der Waals surface area contributed by atoms with E-state index in [4.69, 9.17) is 9.72 Å². The van der Waals surface area contributed by atoms with E-state index in [2.05, 4.69) is 9.88 Å². The smallest absolute Gasteiger partial charge is 0.273 e. The normalized spacial score (nSPS) is 14.7. The van der Waals surface area contributed by atoms with Gasteiger partial charge < -0.3 is 9.72 Å². The van der Waals surface area contributed by atoms with E-state index in [1.54, 1.807) is 6.07 Å². The Hall–Kier alpha value is -2.74. The van der Waals surface area contributed by atoms with Crippen LogP contribution in [0.15, 0.2) is 23.0 Å². The van der Waals surface area contributed by atoms with Gasteiger partial charge in [-0.25, -0.2) is 4.98 Å². The molecule has 1 N–H and O–H groups in total. The molecule has 0 unspecified atom stereocenters. The zero-order chi connectivity index (χ0) is 19.8. The molecule has 0 aliphatic carbocycles. The molecule has 1 aromatic carbocycles. The van der Waals surface area contributed by atoms with E-state index >= 15 is 0 Å². The molecule has 1 aromatic heterocycles. The first-order chi connectivity index (χ1) is 12.7. The number of non-ortho nitro benzene ring substituents is 1. The number of H-pyrrole nitrogens is 1. The highest BCUT2D eigenvalue weighted by molar-refractivity contribution is 5.44. The molecule has 0 spiro atoms. The van der Waals surface area contributed by atoms with Crippen molar-refractivity contribution >= 4 is 5.69 Å². The lowest BCUT2D eigenvalue weighted by Crippen LogP contribution is -2.36. The number of benzene rings is 1. The number of nitrogens with one attached hydrogen (secondary N) is 1. The molecule has 0 bridgehead atoms. The van der Waals surface area contributed by atoms with Gasteiger partial charge in [-0.05, 0) is 12.5 Å². The van der Waals surface area contributed by atoms with Crippen molar-refractivity contribution in [1.29, 1.82) is 0 Å². The molecular formula is C19H24N4O4. The molecule has 0 atom stereocenters. The molecule has 8 heteroatoms. The summed E-state index contributed by atoms with van der Waals surface area (Å²) < 4.78 is 5.33. The van der Waals surface area contributed by atoms with Crippen LogP contribution in [0.4, 0.5) is 5.69 Å². The number of hydrogen-bond donors (Lipinski definition) is 1. The molecular weight excluding hydrogens is 348 g/mol. The highest BCUT2D eigenvalue weighted by Gasteiger charge is 2.25. The summed E-state index contributed by atoms with van der Waals surface area (Å²) in [5, 5.41) is 11.0. The molecule has 3 rings (SSSR count). The van der Waals surface area contributed by atoms with Crippen LogP contribution < -0.4 is 10.3 Å². The van der Waals surface area contributed by atoms with Gasteiger partial charge in [-0.3, -0.25) is 19.8 Å². The van der Waals surface area contributed by atoms with E-state index in [-0.39, 0.29) is 16.7 Å². The second kappa shape index (κ2) is 7.11. The minimum absolute atomic E-state index is 0.00242. The van der Waals surface area contributed by atoms with Crippen LogP contribution in [0.1, 0.15) is 43.4 Å². The van der Waals surface area contributed by atoms with Crippen molar-refractivity contribution in [2.45, 2.75) is 45.7 Å². The topological polar surface area (TPSA) is 101 Å². The van der Waals surface area contributed by atoms with E-state index < -0.39 is 4.92 Å². The van der Waals surface area contributed by atoms with Crippen molar-refractivity contribution in [2.24, 2.45) is 0 Å². The number of aromatic amines is 1. The van der Waals surface area contributed by atoms with Crippen LogP contribution in [-0.4, -0.2) is 33.4 Å². The Morgan fingerprint density at radius 1 is 1.37 bits per heavy atom. The maximum Gasteiger partial charge on any atom is 0.273 e. The number of hydrogen-bond acceptors (Lipinski definition) is 6. The Labute approximate surface area is 157 Å². The first-order valence-electron chi connectivity index (χ1n) is 8.85. The Morgan fingerprint density at radius 3 is 2.74 bits per heavy atom. The summed E-state index contributed by atoms with van der Waals surface area (Å²) in [6, 6.07) is 4.64. The molecule has 0 saturated heterocycles. The van der Waals surface area contributed by atoms with Gasteiger partial charge in [-0.15, -0.1) is 0 Å². The highest BCUT2D eigenvalue weighted by Crippen LogP contribution is 2.27. The Kier molecular flexibility index (Phi) is 5.01. The van der Waals surface area contributed by atoms with Crippen molar-refractivity contribution in [3.63, 3.8) is 0 Å². The summed E-state index contributed by atoms with van der Waals surface area (Å²) in [4.78, 5) is 32.7. The molecule has 27 heavy (non-hydrogen) atoms. The summed E-state index contributed by atoms with van der Waals surface area (Å²) >= 11 is 0. The van der Waals surface area contributed by atoms with Crippen LogP contribution in [0.5, 0.6) is 5.75 Å². The standard InChI is InChI=1S/C19H24N4O4/c1-19(2,3)18-20-15-11-22(8-7-14(15)17(24)21-18)10-12-5-6-13(23(25)26)9-16(12)27-4/h5-6,9H,7-8,10-11H2,1-4H3,(H,20,21,24). The predicted octanol–water partition coefficient (Wildman–Crippen LogP) is 2.54. The quantitative estimate of drug-likeness (QED) is 0.654. The molecule has 0 amide bonds. The van der Waals surface area contributed by atoms with Crippen molar-refractivity contribution < 1.29 is 9.66 Å². The average Bonchev–Trinajstić information content (AvgIpc) is 2.60. The van der Waals surface area contributed by atoms with Crippen LogP contribution in [0, 0.1) is 10.1 Å². The van der Waals surface area contributed by atoms with Gasteiger partial charge in [0.25, 0.3) is 11.2 Å². The lowest BCUT2D eigenvalue weighted by Gasteiger charge is -2.29.